The molecule has 2 aromatic carbocycles. The Kier molecular flexibility index (Phi) is 5.10. The van der Waals surface area contributed by atoms with Gasteiger partial charge in [-0.25, -0.2) is 4.68 Å². The van der Waals surface area contributed by atoms with Crippen molar-refractivity contribution in [3.8, 4) is 17.2 Å². The number of ether oxygens (including phenoxy) is 2. The van der Waals surface area contributed by atoms with E-state index in [1.165, 1.54) is 14.2 Å². The molecule has 7 nitrogen and oxygen atoms in total. The zero-order valence-electron chi connectivity index (χ0n) is 16.4. The summed E-state index contributed by atoms with van der Waals surface area (Å²) >= 11 is 0. The number of aryl methyl sites for hydroxylation is 1. The third-order valence-electron chi connectivity index (χ3n) is 4.83. The van der Waals surface area contributed by atoms with Crippen molar-refractivity contribution in [2.45, 2.75) is 18.4 Å². The molecule has 0 bridgehead atoms. The van der Waals surface area contributed by atoms with E-state index in [0.717, 1.165) is 22.5 Å². The van der Waals surface area contributed by atoms with Crippen LogP contribution in [0.4, 0.5) is 5.82 Å². The van der Waals surface area contributed by atoms with Crippen LogP contribution in [0.1, 0.15) is 27.2 Å². The summed E-state index contributed by atoms with van der Waals surface area (Å²) < 4.78 is 24.4. The predicted molar refractivity (Wildman–Crippen MR) is 111 cm³/mol. The molecule has 2 heterocycles. The van der Waals surface area contributed by atoms with Crippen molar-refractivity contribution in [3.63, 3.8) is 0 Å². The number of nitrogens with zero attached hydrogens (tertiary/aromatic N) is 2. The second kappa shape index (κ2) is 7.71. The average molecular weight is 411 g/mol. The molecule has 0 saturated carbocycles. The van der Waals surface area contributed by atoms with Crippen LogP contribution in [0.3, 0.4) is 0 Å². The summed E-state index contributed by atoms with van der Waals surface area (Å²) in [6, 6.07) is 13.0. The molecule has 8 heteroatoms. The summed E-state index contributed by atoms with van der Waals surface area (Å²) in [5.74, 6) is 1.76. The summed E-state index contributed by atoms with van der Waals surface area (Å²) in [6.45, 7) is 2.01. The van der Waals surface area contributed by atoms with Crippen LogP contribution in [0.2, 0.25) is 0 Å². The number of anilines is 1. The molecule has 0 spiro atoms. The molecule has 0 aliphatic carbocycles. The maximum Gasteiger partial charge on any atom is 0.260 e. The minimum Gasteiger partial charge on any atom is -0.493 e. The van der Waals surface area contributed by atoms with Crippen molar-refractivity contribution >= 4 is 22.5 Å². The van der Waals surface area contributed by atoms with Crippen molar-refractivity contribution in [3.05, 3.63) is 64.8 Å². The summed E-state index contributed by atoms with van der Waals surface area (Å²) in [5, 5.41) is 7.58. The number of para-hydroxylation sites is 1. The van der Waals surface area contributed by atoms with Crippen molar-refractivity contribution in [2.24, 2.45) is 0 Å². The van der Waals surface area contributed by atoms with E-state index >= 15 is 0 Å². The molecule has 150 valence electrons. The Morgan fingerprint density at radius 1 is 1.10 bits per heavy atom. The number of methoxy groups -OCH3 is 2. The quantitative estimate of drug-likeness (QED) is 0.697. The van der Waals surface area contributed by atoms with Crippen LogP contribution in [0, 0.1) is 6.92 Å². The van der Waals surface area contributed by atoms with E-state index in [1.54, 1.807) is 22.9 Å². The first-order valence-corrected chi connectivity index (χ1v) is 10.6. The van der Waals surface area contributed by atoms with Gasteiger partial charge in [-0.3, -0.25) is 9.00 Å². The minimum atomic E-state index is -1.01. The van der Waals surface area contributed by atoms with Gasteiger partial charge in [-0.1, -0.05) is 23.8 Å². The number of hydrogen-bond donors (Lipinski definition) is 1. The van der Waals surface area contributed by atoms with Crippen molar-refractivity contribution in [1.82, 2.24) is 9.78 Å². The molecule has 1 N–H and O–H groups in total. The highest BCUT2D eigenvalue weighted by Gasteiger charge is 2.29. The zero-order valence-corrected chi connectivity index (χ0v) is 17.2. The number of rotatable bonds is 5. The average Bonchev–Trinajstić information content (AvgIpc) is 3.24. The Morgan fingerprint density at radius 3 is 2.55 bits per heavy atom. The lowest BCUT2D eigenvalue weighted by Gasteiger charge is -2.14. The number of fused-ring (bicyclic) bond motifs is 1. The van der Waals surface area contributed by atoms with Gasteiger partial charge >= 0.3 is 0 Å². The van der Waals surface area contributed by atoms with E-state index < -0.39 is 10.8 Å². The lowest BCUT2D eigenvalue weighted by Crippen LogP contribution is -2.17. The number of amides is 1. The summed E-state index contributed by atoms with van der Waals surface area (Å²) in [4.78, 5) is 13.1. The Morgan fingerprint density at radius 2 is 1.86 bits per heavy atom. The molecular weight excluding hydrogens is 390 g/mol. The molecule has 29 heavy (non-hydrogen) atoms. The highest BCUT2D eigenvalue weighted by molar-refractivity contribution is 7.83. The van der Waals surface area contributed by atoms with Gasteiger partial charge in [0.05, 0.1) is 42.7 Å². The molecule has 0 fully saturated rings. The van der Waals surface area contributed by atoms with Crippen molar-refractivity contribution in [1.29, 1.82) is 0 Å². The molecule has 3 aromatic rings. The van der Waals surface area contributed by atoms with E-state index in [4.69, 9.17) is 9.47 Å². The van der Waals surface area contributed by atoms with E-state index in [2.05, 4.69) is 10.4 Å². The fraction of sp³-hybridized carbons (Fsp3) is 0.238. The molecule has 1 amide bonds. The van der Waals surface area contributed by atoms with Crippen molar-refractivity contribution in [2.75, 3.05) is 19.5 Å². The molecule has 0 saturated heterocycles. The molecule has 1 atom stereocenters. The molecule has 4 rings (SSSR count). The van der Waals surface area contributed by atoms with Crippen molar-refractivity contribution < 1.29 is 18.5 Å². The highest BCUT2D eigenvalue weighted by Crippen LogP contribution is 2.34. The topological polar surface area (TPSA) is 82.5 Å². The smallest absolute Gasteiger partial charge is 0.260 e. The van der Waals surface area contributed by atoms with E-state index in [1.807, 2.05) is 31.2 Å². The zero-order chi connectivity index (χ0) is 20.5. The maximum absolute atomic E-state index is 13.1. The molecule has 1 aliphatic heterocycles. The van der Waals surface area contributed by atoms with Gasteiger partial charge in [-0.15, -0.1) is 0 Å². The van der Waals surface area contributed by atoms with Gasteiger partial charge in [0.25, 0.3) is 5.91 Å². The third kappa shape index (κ3) is 3.51. The van der Waals surface area contributed by atoms with Crippen LogP contribution in [0.5, 0.6) is 11.5 Å². The maximum atomic E-state index is 13.1. The SMILES string of the molecule is COc1cccc(C(=O)Nc2c3c(nn2-c2ccc(C)cc2)C[S@@](=O)C3)c1OC. The lowest BCUT2D eigenvalue weighted by atomic mass is 10.1. The third-order valence-corrected chi connectivity index (χ3v) is 6.03. The first kappa shape index (κ1) is 19.2. The lowest BCUT2D eigenvalue weighted by molar-refractivity contribution is 0.102. The standard InChI is InChI=1S/C21H21N3O4S/c1-13-7-9-14(10-8-13)24-20(16-11-29(26)12-17(16)23-24)22-21(25)15-5-4-6-18(27-2)19(15)28-3/h4-10H,11-12H2,1-3H3,(H,22,25)/t29-/m0/s1. The Balaban J connectivity index is 1.76. The van der Waals surface area contributed by atoms with Gasteiger partial charge in [-0.05, 0) is 31.2 Å². The van der Waals surface area contributed by atoms with Crippen LogP contribution in [-0.4, -0.2) is 34.1 Å². The predicted octanol–water partition coefficient (Wildman–Crippen LogP) is 3.21. The molecular formula is C21H21N3O4S. The van der Waals surface area contributed by atoms with Crippen LogP contribution < -0.4 is 14.8 Å². The number of hydrogen-bond acceptors (Lipinski definition) is 5. The Labute approximate surface area is 171 Å². The first-order valence-electron chi connectivity index (χ1n) is 9.07. The van der Waals surface area contributed by atoms with Crippen LogP contribution in [0.15, 0.2) is 42.5 Å². The van der Waals surface area contributed by atoms with Crippen LogP contribution >= 0.6 is 0 Å². The molecule has 0 unspecified atom stereocenters. The van der Waals surface area contributed by atoms with Gasteiger partial charge in [0.1, 0.15) is 5.82 Å². The second-order valence-corrected chi connectivity index (χ2v) is 8.20. The Hall–Kier alpha value is -3.13. The number of carbonyl (C=O) groups is 1. The normalized spacial score (nSPS) is 15.1. The van der Waals surface area contributed by atoms with Crippen LogP contribution in [-0.2, 0) is 22.3 Å². The summed E-state index contributed by atoms with van der Waals surface area (Å²) in [7, 11) is 2.01. The van der Waals surface area contributed by atoms with E-state index in [-0.39, 0.29) is 5.91 Å². The number of carbonyl (C=O) groups excluding carboxylic acids is 1. The molecule has 1 aliphatic rings. The van der Waals surface area contributed by atoms with Crippen LogP contribution in [0.25, 0.3) is 5.69 Å². The summed E-state index contributed by atoms with van der Waals surface area (Å²) in [6.07, 6.45) is 0. The fourth-order valence-electron chi connectivity index (χ4n) is 3.37. The van der Waals surface area contributed by atoms with E-state index in [0.29, 0.717) is 34.4 Å². The minimum absolute atomic E-state index is 0.344. The van der Waals surface area contributed by atoms with Gasteiger partial charge in [0.15, 0.2) is 11.5 Å². The number of aromatic nitrogens is 2. The van der Waals surface area contributed by atoms with Gasteiger partial charge in [-0.2, -0.15) is 5.10 Å². The largest absolute Gasteiger partial charge is 0.493 e. The summed E-state index contributed by atoms with van der Waals surface area (Å²) in [5.41, 5.74) is 3.84. The molecule has 0 radical (unpaired) electrons. The van der Waals surface area contributed by atoms with Gasteiger partial charge in [0, 0.05) is 16.4 Å². The second-order valence-electron chi connectivity index (χ2n) is 6.74. The molecule has 1 aromatic heterocycles. The first-order chi connectivity index (χ1) is 14.0. The highest BCUT2D eigenvalue weighted by atomic mass is 32.2. The van der Waals surface area contributed by atoms with Gasteiger partial charge < -0.3 is 14.8 Å². The van der Waals surface area contributed by atoms with E-state index in [9.17, 15) is 9.00 Å². The Bertz CT molecular complexity index is 1110. The number of nitrogens with one attached hydrogen (secondary N) is 1. The van der Waals surface area contributed by atoms with Gasteiger partial charge in [0.2, 0.25) is 0 Å². The number of benzene rings is 2. The fourth-order valence-corrected chi connectivity index (χ4v) is 4.63. The monoisotopic (exact) mass is 411 g/mol.